The average Bonchev–Trinajstić information content (AvgIpc) is 3.24. The molecule has 2 bridgehead atoms. The molecule has 3 aromatic rings. The Labute approximate surface area is 172 Å². The lowest BCUT2D eigenvalue weighted by atomic mass is 9.97. The van der Waals surface area contributed by atoms with Gasteiger partial charge in [0.1, 0.15) is 17.2 Å². The minimum atomic E-state index is -0.322. The Morgan fingerprint density at radius 2 is 2.23 bits per heavy atom. The summed E-state index contributed by atoms with van der Waals surface area (Å²) >= 11 is 0. The summed E-state index contributed by atoms with van der Waals surface area (Å²) in [5.74, 6) is 1.35. The Balaban J connectivity index is 1.56. The van der Waals surface area contributed by atoms with E-state index in [4.69, 9.17) is 10.7 Å². The third-order valence-corrected chi connectivity index (χ3v) is 6.65. The number of anilines is 2. The van der Waals surface area contributed by atoms with E-state index in [2.05, 4.69) is 20.3 Å². The number of carbonyl (C=O) groups is 1. The van der Waals surface area contributed by atoms with Gasteiger partial charge in [0.15, 0.2) is 11.5 Å². The first-order valence-electron chi connectivity index (χ1n) is 10.4. The van der Waals surface area contributed by atoms with Crippen molar-refractivity contribution in [3.8, 4) is 0 Å². The van der Waals surface area contributed by atoms with Crippen molar-refractivity contribution in [1.29, 1.82) is 0 Å². The number of hydrogen-bond acceptors (Lipinski definition) is 6. The second kappa shape index (κ2) is 6.13. The largest absolute Gasteiger partial charge is 0.381 e. The quantitative estimate of drug-likeness (QED) is 0.592. The van der Waals surface area contributed by atoms with Crippen molar-refractivity contribution in [1.82, 2.24) is 24.9 Å². The molecule has 154 valence electrons. The number of nitrogen functional groups attached to an aromatic ring is 1. The summed E-state index contributed by atoms with van der Waals surface area (Å²) in [7, 11) is 0. The molecule has 6 rings (SSSR count). The minimum absolute atomic E-state index is 0.0339. The van der Waals surface area contributed by atoms with Crippen LogP contribution in [0, 0.1) is 17.7 Å². The number of nitrogens with zero attached hydrogens (tertiary/aromatic N) is 5. The van der Waals surface area contributed by atoms with Gasteiger partial charge >= 0.3 is 0 Å². The first-order valence-corrected chi connectivity index (χ1v) is 10.4. The number of nitrogens with one attached hydrogen (secondary N) is 1. The third kappa shape index (κ3) is 2.57. The lowest BCUT2D eigenvalue weighted by Crippen LogP contribution is -2.33. The van der Waals surface area contributed by atoms with Crippen LogP contribution in [0.1, 0.15) is 47.4 Å². The van der Waals surface area contributed by atoms with Gasteiger partial charge in [-0.3, -0.25) is 9.78 Å². The molecule has 1 aliphatic carbocycles. The van der Waals surface area contributed by atoms with Crippen LogP contribution in [-0.4, -0.2) is 38.1 Å². The highest BCUT2D eigenvalue weighted by Gasteiger charge is 2.54. The molecule has 1 amide bonds. The molecule has 0 radical (unpaired) electrons. The SMILES string of the molecule is C[C@@H]1CCc2ncc(F)cc2[C@H]2[C@@H]3C[C@@H]3CN2c2ccn3nc(N)c(c3n2)C(=O)N1. The van der Waals surface area contributed by atoms with Gasteiger partial charge in [0.05, 0.1) is 12.2 Å². The number of hydrogen-bond donors (Lipinski definition) is 2. The number of aryl methyl sites for hydroxylation is 1. The summed E-state index contributed by atoms with van der Waals surface area (Å²) in [5, 5.41) is 7.25. The molecule has 4 atom stereocenters. The number of rotatable bonds is 0. The summed E-state index contributed by atoms with van der Waals surface area (Å²) in [5.41, 5.74) is 8.63. The molecule has 3 N–H and O–H groups in total. The molecule has 0 spiro atoms. The van der Waals surface area contributed by atoms with E-state index in [-0.39, 0.29) is 29.6 Å². The molecule has 30 heavy (non-hydrogen) atoms. The fourth-order valence-electron chi connectivity index (χ4n) is 5.08. The number of pyridine rings is 1. The van der Waals surface area contributed by atoms with E-state index in [1.54, 1.807) is 16.8 Å². The second-order valence-electron chi connectivity index (χ2n) is 8.67. The number of piperidine rings is 1. The van der Waals surface area contributed by atoms with Gasteiger partial charge in [0.2, 0.25) is 0 Å². The molecule has 9 heteroatoms. The zero-order chi connectivity index (χ0) is 20.6. The molecule has 0 aromatic carbocycles. The monoisotopic (exact) mass is 407 g/mol. The number of carbonyl (C=O) groups excluding carboxylic acids is 1. The zero-order valence-electron chi connectivity index (χ0n) is 16.5. The second-order valence-corrected chi connectivity index (χ2v) is 8.67. The Morgan fingerprint density at radius 3 is 3.10 bits per heavy atom. The molecule has 3 aromatic heterocycles. The molecular formula is C21H22FN7O. The maximum atomic E-state index is 14.2. The van der Waals surface area contributed by atoms with Crippen LogP contribution in [0.15, 0.2) is 24.5 Å². The Morgan fingerprint density at radius 1 is 1.37 bits per heavy atom. The molecule has 2 fully saturated rings. The molecule has 5 heterocycles. The topological polar surface area (TPSA) is 101 Å². The molecule has 3 aliphatic rings. The highest BCUT2D eigenvalue weighted by molar-refractivity contribution is 6.04. The summed E-state index contributed by atoms with van der Waals surface area (Å²) < 4.78 is 15.8. The van der Waals surface area contributed by atoms with Crippen molar-refractivity contribution < 1.29 is 9.18 Å². The maximum Gasteiger partial charge on any atom is 0.259 e. The summed E-state index contributed by atoms with van der Waals surface area (Å²) in [6, 6.07) is 3.44. The minimum Gasteiger partial charge on any atom is -0.381 e. The molecule has 0 unspecified atom stereocenters. The molecular weight excluding hydrogens is 385 g/mol. The van der Waals surface area contributed by atoms with Crippen molar-refractivity contribution in [3.05, 3.63) is 47.2 Å². The first-order chi connectivity index (χ1) is 14.5. The van der Waals surface area contributed by atoms with Gasteiger partial charge in [-0.2, -0.15) is 0 Å². The number of nitrogens with two attached hydrogens (primary N) is 1. The molecule has 1 saturated heterocycles. The predicted molar refractivity (Wildman–Crippen MR) is 109 cm³/mol. The van der Waals surface area contributed by atoms with Crippen molar-refractivity contribution in [2.75, 3.05) is 17.2 Å². The van der Waals surface area contributed by atoms with Gasteiger partial charge in [-0.1, -0.05) is 0 Å². The van der Waals surface area contributed by atoms with Crippen molar-refractivity contribution in [2.45, 2.75) is 38.3 Å². The van der Waals surface area contributed by atoms with Gasteiger partial charge in [-0.15, -0.1) is 5.10 Å². The van der Waals surface area contributed by atoms with Crippen LogP contribution in [0.2, 0.25) is 0 Å². The molecule has 2 aliphatic heterocycles. The molecule has 1 saturated carbocycles. The standard InChI is InChI=1S/C21H22FN7O/c1-10-2-3-15-14(7-12(22)8-24-15)18-13-6-11(13)9-28(18)16-4-5-29-20(26-16)17(19(23)27-29)21(30)25-10/h4-5,7-8,10-11,13,18H,2-3,6,9H2,1H3,(H2,23,27)(H,25,30)/t10-,11-,13-,18-/m1/s1. The zero-order valence-corrected chi connectivity index (χ0v) is 16.5. The predicted octanol–water partition coefficient (Wildman–Crippen LogP) is 2.11. The van der Waals surface area contributed by atoms with Gasteiger partial charge in [0, 0.05) is 24.5 Å². The summed E-state index contributed by atoms with van der Waals surface area (Å²) in [6.07, 6.45) is 5.55. The fourth-order valence-corrected chi connectivity index (χ4v) is 5.08. The van der Waals surface area contributed by atoms with E-state index < -0.39 is 0 Å². The third-order valence-electron chi connectivity index (χ3n) is 6.65. The average molecular weight is 407 g/mol. The van der Waals surface area contributed by atoms with Crippen molar-refractivity contribution in [2.24, 2.45) is 11.8 Å². The van der Waals surface area contributed by atoms with Gasteiger partial charge in [0.25, 0.3) is 5.91 Å². The van der Waals surface area contributed by atoms with Gasteiger partial charge < -0.3 is 16.0 Å². The van der Waals surface area contributed by atoms with E-state index in [0.717, 1.165) is 30.0 Å². The Bertz CT molecular complexity index is 1190. The first kappa shape index (κ1) is 17.6. The van der Waals surface area contributed by atoms with E-state index in [1.807, 2.05) is 13.0 Å². The van der Waals surface area contributed by atoms with Crippen LogP contribution in [0.5, 0.6) is 0 Å². The smallest absolute Gasteiger partial charge is 0.259 e. The summed E-state index contributed by atoms with van der Waals surface area (Å²) in [6.45, 7) is 2.80. The number of amides is 1. The van der Waals surface area contributed by atoms with E-state index >= 15 is 0 Å². The van der Waals surface area contributed by atoms with Crippen LogP contribution in [0.25, 0.3) is 5.65 Å². The van der Waals surface area contributed by atoms with Crippen LogP contribution in [-0.2, 0) is 6.42 Å². The van der Waals surface area contributed by atoms with Crippen LogP contribution >= 0.6 is 0 Å². The lowest BCUT2D eigenvalue weighted by molar-refractivity contribution is 0.0940. The van der Waals surface area contributed by atoms with E-state index in [1.165, 1.54) is 6.20 Å². The van der Waals surface area contributed by atoms with Gasteiger partial charge in [-0.05, 0) is 55.7 Å². The molecule has 8 nitrogen and oxygen atoms in total. The van der Waals surface area contributed by atoms with Crippen molar-refractivity contribution >= 4 is 23.2 Å². The maximum absolute atomic E-state index is 14.2. The van der Waals surface area contributed by atoms with Crippen LogP contribution in [0.4, 0.5) is 16.0 Å². The Hall–Kier alpha value is -3.23. The van der Waals surface area contributed by atoms with Crippen LogP contribution in [0.3, 0.4) is 0 Å². The summed E-state index contributed by atoms with van der Waals surface area (Å²) in [4.78, 5) is 24.4. The lowest BCUT2D eigenvalue weighted by Gasteiger charge is -2.30. The van der Waals surface area contributed by atoms with E-state index in [9.17, 15) is 9.18 Å². The van der Waals surface area contributed by atoms with Crippen LogP contribution < -0.4 is 16.0 Å². The number of fused-ring (bicyclic) bond motifs is 7. The number of aromatic nitrogens is 4. The van der Waals surface area contributed by atoms with Gasteiger partial charge in [-0.25, -0.2) is 13.9 Å². The highest BCUT2D eigenvalue weighted by Crippen LogP contribution is 2.57. The Kier molecular flexibility index (Phi) is 3.60. The highest BCUT2D eigenvalue weighted by atomic mass is 19.1. The normalized spacial score (nSPS) is 27.5. The van der Waals surface area contributed by atoms with E-state index in [0.29, 0.717) is 35.9 Å². The van der Waals surface area contributed by atoms with Crippen molar-refractivity contribution in [3.63, 3.8) is 0 Å². The fraction of sp³-hybridized carbons (Fsp3) is 0.429. The number of halogens is 1.